The summed E-state index contributed by atoms with van der Waals surface area (Å²) in [5, 5.41) is 15.3. The van der Waals surface area contributed by atoms with Crippen molar-refractivity contribution in [3.63, 3.8) is 0 Å². The number of piperazine rings is 1. The SMILES string of the molecule is Cc1nnc(-c2ccc(OCCOCCOCCOCCOCCC(=O)N3CCN(CCN4C(=O)CC(S)C4=O)CC3)cc2)nn1. The van der Waals surface area contributed by atoms with Gasteiger partial charge in [0.25, 0.3) is 0 Å². The largest absolute Gasteiger partial charge is 0.491 e. The van der Waals surface area contributed by atoms with Crippen molar-refractivity contribution >= 4 is 30.4 Å². The van der Waals surface area contributed by atoms with Crippen molar-refractivity contribution in [2.75, 3.05) is 98.7 Å². The molecule has 0 saturated carbocycles. The molecule has 2 aromatic rings. The summed E-state index contributed by atoms with van der Waals surface area (Å²) in [5.74, 6) is 1.39. The first-order valence-electron chi connectivity index (χ1n) is 15.5. The van der Waals surface area contributed by atoms with Gasteiger partial charge >= 0.3 is 0 Å². The van der Waals surface area contributed by atoms with Crippen LogP contribution < -0.4 is 4.74 Å². The normalized spacial score (nSPS) is 17.2. The van der Waals surface area contributed by atoms with Crippen molar-refractivity contribution in [1.82, 2.24) is 35.1 Å². The fraction of sp³-hybridized carbons (Fsp3) is 0.633. The van der Waals surface area contributed by atoms with E-state index < -0.39 is 5.25 Å². The molecule has 0 spiro atoms. The van der Waals surface area contributed by atoms with Crippen LogP contribution in [0.25, 0.3) is 11.4 Å². The zero-order chi connectivity index (χ0) is 32.6. The number of imide groups is 1. The second-order valence-electron chi connectivity index (χ2n) is 10.7. The fourth-order valence-corrected chi connectivity index (χ4v) is 5.05. The molecule has 0 radical (unpaired) electrons. The highest BCUT2D eigenvalue weighted by molar-refractivity contribution is 7.81. The van der Waals surface area contributed by atoms with Gasteiger partial charge in [-0.05, 0) is 31.2 Å². The molecule has 252 valence electrons. The second kappa shape index (κ2) is 19.4. The first kappa shape index (κ1) is 35.6. The molecule has 1 atom stereocenters. The summed E-state index contributed by atoms with van der Waals surface area (Å²) in [4.78, 5) is 41.7. The first-order chi connectivity index (χ1) is 22.4. The highest BCUT2D eigenvalue weighted by atomic mass is 32.1. The van der Waals surface area contributed by atoms with Crippen molar-refractivity contribution in [2.45, 2.75) is 25.0 Å². The van der Waals surface area contributed by atoms with E-state index in [-0.39, 0.29) is 24.1 Å². The number of aromatic nitrogens is 4. The molecule has 2 aliphatic heterocycles. The van der Waals surface area contributed by atoms with Gasteiger partial charge in [-0.25, -0.2) is 0 Å². The average molecular weight is 662 g/mol. The zero-order valence-corrected chi connectivity index (χ0v) is 27.1. The van der Waals surface area contributed by atoms with Crippen molar-refractivity contribution in [3.05, 3.63) is 30.1 Å². The Morgan fingerprint density at radius 1 is 0.783 bits per heavy atom. The Labute approximate surface area is 274 Å². The maximum absolute atomic E-state index is 12.5. The molecule has 3 heterocycles. The van der Waals surface area contributed by atoms with Gasteiger partial charge < -0.3 is 28.6 Å². The number of benzene rings is 1. The van der Waals surface area contributed by atoms with Crippen LogP contribution in [-0.4, -0.2) is 157 Å². The molecule has 16 heteroatoms. The molecule has 1 aromatic carbocycles. The average Bonchev–Trinajstić information content (AvgIpc) is 3.31. The standard InChI is InChI=1S/C30H43N7O8S/c1-23-31-33-29(34-32-23)24-2-4-25(5-3-24)45-21-20-44-19-18-43-17-16-42-15-14-41-13-6-27(38)36-10-7-35(8-11-36)9-12-37-28(39)22-26(46)30(37)40/h2-5,26,46H,6-22H2,1H3. The van der Waals surface area contributed by atoms with Gasteiger partial charge in [0.1, 0.15) is 12.4 Å². The summed E-state index contributed by atoms with van der Waals surface area (Å²) in [5.41, 5.74) is 0.811. The topological polar surface area (TPSA) is 159 Å². The van der Waals surface area contributed by atoms with Gasteiger partial charge in [-0.1, -0.05) is 0 Å². The summed E-state index contributed by atoms with van der Waals surface area (Å²) in [6.45, 7) is 9.21. The lowest BCUT2D eigenvalue weighted by Gasteiger charge is -2.35. The van der Waals surface area contributed by atoms with E-state index in [1.807, 2.05) is 29.2 Å². The number of ether oxygens (including phenoxy) is 5. The lowest BCUT2D eigenvalue weighted by molar-refractivity contribution is -0.138. The van der Waals surface area contributed by atoms with E-state index in [9.17, 15) is 14.4 Å². The van der Waals surface area contributed by atoms with Gasteiger partial charge in [0.15, 0.2) is 5.82 Å². The Hall–Kier alpha value is -3.28. The van der Waals surface area contributed by atoms with Crippen LogP contribution in [0.3, 0.4) is 0 Å². The molecule has 0 aliphatic carbocycles. The Balaban J connectivity index is 0.896. The Morgan fingerprint density at radius 3 is 1.91 bits per heavy atom. The molecular formula is C30H43N7O8S. The molecule has 0 N–H and O–H groups in total. The smallest absolute Gasteiger partial charge is 0.242 e. The van der Waals surface area contributed by atoms with Gasteiger partial charge in [-0.3, -0.25) is 24.2 Å². The predicted molar refractivity (Wildman–Crippen MR) is 168 cm³/mol. The van der Waals surface area contributed by atoms with Crippen LogP contribution in [0.4, 0.5) is 0 Å². The van der Waals surface area contributed by atoms with Gasteiger partial charge in [0.2, 0.25) is 23.5 Å². The molecule has 2 saturated heterocycles. The van der Waals surface area contributed by atoms with Crippen LogP contribution in [0.1, 0.15) is 18.7 Å². The molecule has 15 nitrogen and oxygen atoms in total. The Bertz CT molecular complexity index is 1230. The number of amides is 3. The van der Waals surface area contributed by atoms with E-state index in [1.165, 1.54) is 4.90 Å². The van der Waals surface area contributed by atoms with Crippen LogP contribution in [0.5, 0.6) is 5.75 Å². The van der Waals surface area contributed by atoms with Crippen LogP contribution in [0.2, 0.25) is 0 Å². The number of hydrogen-bond acceptors (Lipinski definition) is 14. The summed E-state index contributed by atoms with van der Waals surface area (Å²) in [6, 6.07) is 7.38. The molecule has 3 amide bonds. The highest BCUT2D eigenvalue weighted by Gasteiger charge is 2.36. The maximum atomic E-state index is 12.5. The van der Waals surface area contributed by atoms with Gasteiger partial charge in [-0.2, -0.15) is 12.6 Å². The minimum absolute atomic E-state index is 0.0598. The molecule has 0 bridgehead atoms. The number of thiol groups is 1. The van der Waals surface area contributed by atoms with Crippen molar-refractivity contribution in [2.24, 2.45) is 0 Å². The lowest BCUT2D eigenvalue weighted by atomic mass is 10.2. The number of carbonyl (C=O) groups is 3. The number of carbonyl (C=O) groups excluding carboxylic acids is 3. The van der Waals surface area contributed by atoms with Gasteiger partial charge in [-0.15, -0.1) is 20.4 Å². The van der Waals surface area contributed by atoms with Crippen LogP contribution in [-0.2, 0) is 33.3 Å². The summed E-state index contributed by atoms with van der Waals surface area (Å²) in [6.07, 6.45) is 0.489. The minimum atomic E-state index is -0.519. The zero-order valence-electron chi connectivity index (χ0n) is 26.3. The van der Waals surface area contributed by atoms with Crippen LogP contribution in [0, 0.1) is 6.92 Å². The number of nitrogens with zero attached hydrogens (tertiary/aromatic N) is 7. The third-order valence-corrected chi connectivity index (χ3v) is 7.75. The molecular weight excluding hydrogens is 618 g/mol. The maximum Gasteiger partial charge on any atom is 0.242 e. The van der Waals surface area contributed by atoms with E-state index in [0.717, 1.165) is 11.3 Å². The highest BCUT2D eigenvalue weighted by Crippen LogP contribution is 2.19. The summed E-state index contributed by atoms with van der Waals surface area (Å²) < 4.78 is 27.8. The third-order valence-electron chi connectivity index (χ3n) is 7.35. The number of likely N-dealkylation sites (tertiary alicyclic amines) is 1. The molecule has 1 aromatic heterocycles. The van der Waals surface area contributed by atoms with E-state index in [1.54, 1.807) is 6.92 Å². The second-order valence-corrected chi connectivity index (χ2v) is 11.3. The van der Waals surface area contributed by atoms with E-state index >= 15 is 0 Å². The number of hydrogen-bond donors (Lipinski definition) is 1. The number of rotatable bonds is 20. The van der Waals surface area contributed by atoms with Gasteiger partial charge in [0.05, 0.1) is 64.5 Å². The van der Waals surface area contributed by atoms with Crippen LogP contribution >= 0.6 is 12.6 Å². The van der Waals surface area contributed by atoms with E-state index in [2.05, 4.69) is 37.9 Å². The van der Waals surface area contributed by atoms with E-state index in [0.29, 0.717) is 117 Å². The Morgan fingerprint density at radius 2 is 1.35 bits per heavy atom. The van der Waals surface area contributed by atoms with Crippen LogP contribution in [0.15, 0.2) is 24.3 Å². The third kappa shape index (κ3) is 11.8. The summed E-state index contributed by atoms with van der Waals surface area (Å²) >= 11 is 4.15. The molecule has 46 heavy (non-hydrogen) atoms. The molecule has 2 fully saturated rings. The van der Waals surface area contributed by atoms with Crippen molar-refractivity contribution < 1.29 is 38.1 Å². The summed E-state index contributed by atoms with van der Waals surface area (Å²) in [7, 11) is 0. The molecule has 2 aliphatic rings. The number of aryl methyl sites for hydroxylation is 1. The predicted octanol–water partition coefficient (Wildman–Crippen LogP) is 0.279. The first-order valence-corrected chi connectivity index (χ1v) is 16.0. The van der Waals surface area contributed by atoms with Crippen molar-refractivity contribution in [3.8, 4) is 17.1 Å². The monoisotopic (exact) mass is 661 g/mol. The van der Waals surface area contributed by atoms with Gasteiger partial charge in [0, 0.05) is 51.3 Å². The minimum Gasteiger partial charge on any atom is -0.491 e. The fourth-order valence-electron chi connectivity index (χ4n) is 4.76. The van der Waals surface area contributed by atoms with E-state index in [4.69, 9.17) is 23.7 Å². The molecule has 1 unspecified atom stereocenters. The van der Waals surface area contributed by atoms with Crippen molar-refractivity contribution in [1.29, 1.82) is 0 Å². The quantitative estimate of drug-likeness (QED) is 0.117. The lowest BCUT2D eigenvalue weighted by Crippen LogP contribution is -2.50. The Kier molecular flexibility index (Phi) is 15.0. The molecule has 4 rings (SSSR count).